The van der Waals surface area contributed by atoms with Crippen molar-refractivity contribution in [1.29, 1.82) is 0 Å². The molecule has 1 fully saturated rings. The molecule has 1 nitrogen and oxygen atoms in total. The summed E-state index contributed by atoms with van der Waals surface area (Å²) in [6, 6.07) is 0. The minimum absolute atomic E-state index is 0.381. The molecule has 3 unspecified atom stereocenters. The van der Waals surface area contributed by atoms with Crippen LogP contribution in [-0.2, 0) is 0 Å². The number of allylic oxidation sites excluding steroid dienone is 2. The van der Waals surface area contributed by atoms with E-state index in [1.807, 2.05) is 0 Å². The van der Waals surface area contributed by atoms with Crippen molar-refractivity contribution in [2.24, 2.45) is 11.8 Å². The maximum atomic E-state index is 10.4. The van der Waals surface area contributed by atoms with E-state index in [4.69, 9.17) is 0 Å². The van der Waals surface area contributed by atoms with E-state index in [9.17, 15) is 5.11 Å². The monoisotopic (exact) mass is 194 g/mol. The van der Waals surface area contributed by atoms with Gasteiger partial charge in [-0.3, -0.25) is 0 Å². The van der Waals surface area contributed by atoms with E-state index in [0.717, 1.165) is 12.3 Å². The van der Waals surface area contributed by atoms with E-state index in [-0.39, 0.29) is 5.60 Å². The topological polar surface area (TPSA) is 20.2 Å². The highest BCUT2D eigenvalue weighted by atomic mass is 16.3. The van der Waals surface area contributed by atoms with E-state index in [1.54, 1.807) is 0 Å². The van der Waals surface area contributed by atoms with Gasteiger partial charge in [-0.25, -0.2) is 0 Å². The van der Waals surface area contributed by atoms with E-state index >= 15 is 0 Å². The molecule has 1 saturated carbocycles. The average molecular weight is 194 g/mol. The standard InChI is InChI=1S/C13H22O/c1-13(14)10-6-5-9-12(13)11-7-3-2-4-8-11/h2-3,11-12,14H,4-10H2,1H3. The summed E-state index contributed by atoms with van der Waals surface area (Å²) < 4.78 is 0. The van der Waals surface area contributed by atoms with Crippen molar-refractivity contribution >= 4 is 0 Å². The molecule has 0 amide bonds. The van der Waals surface area contributed by atoms with Gasteiger partial charge >= 0.3 is 0 Å². The molecular formula is C13H22O. The molecule has 3 atom stereocenters. The van der Waals surface area contributed by atoms with E-state index in [2.05, 4.69) is 19.1 Å². The van der Waals surface area contributed by atoms with Gasteiger partial charge in [0, 0.05) is 0 Å². The first kappa shape index (κ1) is 10.2. The van der Waals surface area contributed by atoms with Crippen LogP contribution in [0.3, 0.4) is 0 Å². The van der Waals surface area contributed by atoms with Gasteiger partial charge < -0.3 is 5.11 Å². The number of rotatable bonds is 1. The fourth-order valence-electron chi connectivity index (χ4n) is 3.27. The third kappa shape index (κ3) is 2.03. The van der Waals surface area contributed by atoms with Crippen LogP contribution in [0.5, 0.6) is 0 Å². The molecule has 0 heterocycles. The first-order chi connectivity index (χ1) is 6.70. The average Bonchev–Trinajstić information content (AvgIpc) is 2.18. The molecule has 0 aliphatic heterocycles. The predicted octanol–water partition coefficient (Wildman–Crippen LogP) is 3.28. The first-order valence-electron chi connectivity index (χ1n) is 6.07. The Morgan fingerprint density at radius 3 is 2.71 bits per heavy atom. The summed E-state index contributed by atoms with van der Waals surface area (Å²) in [6.07, 6.45) is 13.1. The Balaban J connectivity index is 2.03. The molecule has 0 aromatic heterocycles. The van der Waals surface area contributed by atoms with E-state index < -0.39 is 0 Å². The Bertz CT molecular complexity index is 217. The van der Waals surface area contributed by atoms with Gasteiger partial charge in [-0.1, -0.05) is 25.0 Å². The fourth-order valence-corrected chi connectivity index (χ4v) is 3.27. The molecule has 14 heavy (non-hydrogen) atoms. The van der Waals surface area contributed by atoms with E-state index in [1.165, 1.54) is 38.5 Å². The van der Waals surface area contributed by atoms with Crippen LogP contribution in [0.4, 0.5) is 0 Å². The Hall–Kier alpha value is -0.300. The van der Waals surface area contributed by atoms with Crippen molar-refractivity contribution in [3.8, 4) is 0 Å². The second-order valence-corrected chi connectivity index (χ2v) is 5.25. The van der Waals surface area contributed by atoms with Gasteiger partial charge in [0.1, 0.15) is 0 Å². The van der Waals surface area contributed by atoms with Crippen LogP contribution in [0.2, 0.25) is 0 Å². The van der Waals surface area contributed by atoms with Crippen molar-refractivity contribution in [1.82, 2.24) is 0 Å². The number of aliphatic hydroxyl groups is 1. The predicted molar refractivity (Wildman–Crippen MR) is 59.1 cm³/mol. The molecule has 80 valence electrons. The lowest BCUT2D eigenvalue weighted by molar-refractivity contribution is -0.0577. The highest BCUT2D eigenvalue weighted by Crippen LogP contribution is 2.42. The third-order valence-corrected chi connectivity index (χ3v) is 4.13. The molecule has 2 aliphatic rings. The van der Waals surface area contributed by atoms with Crippen molar-refractivity contribution in [3.63, 3.8) is 0 Å². The third-order valence-electron chi connectivity index (χ3n) is 4.13. The minimum Gasteiger partial charge on any atom is -0.390 e. The smallest absolute Gasteiger partial charge is 0.0650 e. The SMILES string of the molecule is CC1(O)CCCCC1C1CC=CCC1. The Kier molecular flexibility index (Phi) is 2.96. The summed E-state index contributed by atoms with van der Waals surface area (Å²) in [6.45, 7) is 2.05. The van der Waals surface area contributed by atoms with Crippen LogP contribution < -0.4 is 0 Å². The zero-order valence-electron chi connectivity index (χ0n) is 9.21. The van der Waals surface area contributed by atoms with Crippen molar-refractivity contribution in [2.45, 2.75) is 57.5 Å². The van der Waals surface area contributed by atoms with Crippen molar-refractivity contribution < 1.29 is 5.11 Å². The second-order valence-electron chi connectivity index (χ2n) is 5.25. The molecule has 0 aromatic rings. The summed E-state index contributed by atoms with van der Waals surface area (Å²) in [5.41, 5.74) is -0.381. The van der Waals surface area contributed by atoms with E-state index in [0.29, 0.717) is 5.92 Å². The molecule has 2 rings (SSSR count). The largest absolute Gasteiger partial charge is 0.390 e. The number of hydrogen-bond acceptors (Lipinski definition) is 1. The first-order valence-corrected chi connectivity index (χ1v) is 6.07. The maximum absolute atomic E-state index is 10.4. The van der Waals surface area contributed by atoms with Crippen molar-refractivity contribution in [2.75, 3.05) is 0 Å². The number of hydrogen-bond donors (Lipinski definition) is 1. The van der Waals surface area contributed by atoms with Crippen LogP contribution in [-0.4, -0.2) is 10.7 Å². The molecule has 0 aromatic carbocycles. The zero-order chi connectivity index (χ0) is 10.0. The van der Waals surface area contributed by atoms with Crippen LogP contribution in [0, 0.1) is 11.8 Å². The normalized spacial score (nSPS) is 43.9. The molecule has 0 bridgehead atoms. The van der Waals surface area contributed by atoms with Crippen LogP contribution in [0.1, 0.15) is 51.9 Å². The van der Waals surface area contributed by atoms with Gasteiger partial charge in [-0.05, 0) is 50.9 Å². The highest BCUT2D eigenvalue weighted by molar-refractivity contribution is 4.97. The summed E-state index contributed by atoms with van der Waals surface area (Å²) in [7, 11) is 0. The molecule has 1 N–H and O–H groups in total. The van der Waals surface area contributed by atoms with Gasteiger partial charge in [-0.15, -0.1) is 0 Å². The quantitative estimate of drug-likeness (QED) is 0.635. The molecule has 0 spiro atoms. The molecule has 0 radical (unpaired) electrons. The maximum Gasteiger partial charge on any atom is 0.0650 e. The molecular weight excluding hydrogens is 172 g/mol. The van der Waals surface area contributed by atoms with Gasteiger partial charge in [0.25, 0.3) is 0 Å². The van der Waals surface area contributed by atoms with Gasteiger partial charge in [0.05, 0.1) is 5.60 Å². The molecule has 1 heteroatoms. The summed E-state index contributed by atoms with van der Waals surface area (Å²) >= 11 is 0. The Morgan fingerprint density at radius 1 is 1.21 bits per heavy atom. The van der Waals surface area contributed by atoms with Gasteiger partial charge in [0.2, 0.25) is 0 Å². The highest BCUT2D eigenvalue weighted by Gasteiger charge is 2.38. The summed E-state index contributed by atoms with van der Waals surface area (Å²) in [5.74, 6) is 1.30. The second kappa shape index (κ2) is 4.06. The fraction of sp³-hybridized carbons (Fsp3) is 0.846. The summed E-state index contributed by atoms with van der Waals surface area (Å²) in [4.78, 5) is 0. The summed E-state index contributed by atoms with van der Waals surface area (Å²) in [5, 5.41) is 10.4. The lowest BCUT2D eigenvalue weighted by Crippen LogP contribution is -2.41. The van der Waals surface area contributed by atoms with Gasteiger partial charge in [-0.2, -0.15) is 0 Å². The Morgan fingerprint density at radius 2 is 2.07 bits per heavy atom. The lowest BCUT2D eigenvalue weighted by Gasteiger charge is -2.42. The van der Waals surface area contributed by atoms with Gasteiger partial charge in [0.15, 0.2) is 0 Å². The van der Waals surface area contributed by atoms with Crippen LogP contribution in [0.15, 0.2) is 12.2 Å². The van der Waals surface area contributed by atoms with Crippen LogP contribution in [0.25, 0.3) is 0 Å². The molecule has 0 saturated heterocycles. The minimum atomic E-state index is -0.381. The Labute approximate surface area is 87.2 Å². The van der Waals surface area contributed by atoms with Crippen molar-refractivity contribution in [3.05, 3.63) is 12.2 Å². The lowest BCUT2D eigenvalue weighted by atomic mass is 9.67. The van der Waals surface area contributed by atoms with Crippen LogP contribution >= 0.6 is 0 Å². The zero-order valence-corrected chi connectivity index (χ0v) is 9.21. The molecule has 2 aliphatic carbocycles.